The summed E-state index contributed by atoms with van der Waals surface area (Å²) in [5.74, 6) is 0.927. The maximum absolute atomic E-state index is 12.3. The normalized spacial score (nSPS) is 10.7. The van der Waals surface area contributed by atoms with E-state index in [1.54, 1.807) is 0 Å². The first-order valence-corrected chi connectivity index (χ1v) is 9.33. The Kier molecular flexibility index (Phi) is 5.83. The minimum atomic E-state index is -0.0580. The number of halogens is 1. The topological polar surface area (TPSA) is 68.0 Å². The minimum absolute atomic E-state index is 0.0580. The molecule has 1 aromatic heterocycles. The van der Waals surface area contributed by atoms with Crippen LogP contribution in [0.1, 0.15) is 30.4 Å². The van der Waals surface area contributed by atoms with Gasteiger partial charge in [-0.05, 0) is 48.7 Å². The van der Waals surface area contributed by atoms with Gasteiger partial charge >= 0.3 is 0 Å². The van der Waals surface area contributed by atoms with Crippen LogP contribution in [0.3, 0.4) is 0 Å². The first kappa shape index (κ1) is 18.3. The van der Waals surface area contributed by atoms with Gasteiger partial charge in [-0.1, -0.05) is 46.2 Å². The second-order valence-electron chi connectivity index (χ2n) is 6.03. The van der Waals surface area contributed by atoms with E-state index in [0.29, 0.717) is 24.6 Å². The van der Waals surface area contributed by atoms with E-state index >= 15 is 0 Å². The van der Waals surface area contributed by atoms with Gasteiger partial charge in [0.2, 0.25) is 17.6 Å². The molecule has 3 aromatic rings. The van der Waals surface area contributed by atoms with Gasteiger partial charge in [0.15, 0.2) is 0 Å². The molecule has 0 atom stereocenters. The number of hydrogen-bond donors (Lipinski definition) is 1. The first-order valence-electron chi connectivity index (χ1n) is 8.53. The zero-order chi connectivity index (χ0) is 18.5. The van der Waals surface area contributed by atoms with Gasteiger partial charge in [0.1, 0.15) is 0 Å². The molecule has 0 aliphatic heterocycles. The highest BCUT2D eigenvalue weighted by atomic mass is 79.9. The zero-order valence-electron chi connectivity index (χ0n) is 14.8. The van der Waals surface area contributed by atoms with Crippen molar-refractivity contribution in [2.24, 2.45) is 0 Å². The summed E-state index contributed by atoms with van der Waals surface area (Å²) in [7, 11) is 0. The van der Waals surface area contributed by atoms with Gasteiger partial charge in [0.05, 0.1) is 0 Å². The number of nitrogens with zero attached hydrogens (tertiary/aromatic N) is 2. The second-order valence-corrected chi connectivity index (χ2v) is 6.95. The number of aromatic nitrogens is 2. The van der Waals surface area contributed by atoms with Crippen LogP contribution in [0.25, 0.3) is 11.4 Å². The summed E-state index contributed by atoms with van der Waals surface area (Å²) < 4.78 is 6.26. The molecule has 1 heterocycles. The number of aryl methyl sites for hydroxylation is 3. The average Bonchev–Trinajstić information content (AvgIpc) is 3.11. The Labute approximate surface area is 160 Å². The van der Waals surface area contributed by atoms with Gasteiger partial charge in [-0.15, -0.1) is 0 Å². The van der Waals surface area contributed by atoms with E-state index in [0.717, 1.165) is 33.3 Å². The molecule has 0 aliphatic rings. The van der Waals surface area contributed by atoms with Crippen LogP contribution in [0, 0.1) is 6.92 Å². The molecule has 0 fully saturated rings. The molecule has 0 saturated carbocycles. The highest BCUT2D eigenvalue weighted by Gasteiger charge is 2.12. The molecule has 5 nitrogen and oxygen atoms in total. The fourth-order valence-corrected chi connectivity index (χ4v) is 2.96. The van der Waals surface area contributed by atoms with Crippen LogP contribution in [0.4, 0.5) is 5.69 Å². The number of nitrogens with one attached hydrogen (secondary N) is 1. The molecular weight excluding hydrogens is 394 g/mol. The molecule has 6 heteroatoms. The van der Waals surface area contributed by atoms with Gasteiger partial charge in [-0.2, -0.15) is 4.98 Å². The Morgan fingerprint density at radius 3 is 2.69 bits per heavy atom. The Balaban J connectivity index is 1.61. The minimum Gasteiger partial charge on any atom is -0.339 e. The highest BCUT2D eigenvalue weighted by Crippen LogP contribution is 2.22. The molecule has 3 rings (SSSR count). The van der Waals surface area contributed by atoms with E-state index in [-0.39, 0.29) is 5.91 Å². The average molecular weight is 414 g/mol. The predicted octanol–water partition coefficient (Wildman–Crippen LogP) is 4.94. The van der Waals surface area contributed by atoms with Gasteiger partial charge in [0, 0.05) is 28.6 Å². The highest BCUT2D eigenvalue weighted by molar-refractivity contribution is 9.10. The van der Waals surface area contributed by atoms with Crippen LogP contribution >= 0.6 is 15.9 Å². The molecule has 134 valence electrons. The first-order chi connectivity index (χ1) is 12.6. The third-order valence-electron chi connectivity index (χ3n) is 4.14. The summed E-state index contributed by atoms with van der Waals surface area (Å²) in [5.41, 5.74) is 3.97. The number of rotatable bonds is 6. The fourth-order valence-electron chi connectivity index (χ4n) is 2.70. The predicted molar refractivity (Wildman–Crippen MR) is 105 cm³/mol. The summed E-state index contributed by atoms with van der Waals surface area (Å²) in [4.78, 5) is 16.7. The van der Waals surface area contributed by atoms with Crippen molar-refractivity contribution in [1.29, 1.82) is 0 Å². The largest absolute Gasteiger partial charge is 0.339 e. The lowest BCUT2D eigenvalue weighted by atomic mass is 10.1. The van der Waals surface area contributed by atoms with E-state index in [1.165, 1.54) is 0 Å². The fraction of sp³-hybridized carbons (Fsp3) is 0.250. The van der Waals surface area contributed by atoms with Crippen molar-refractivity contribution < 1.29 is 9.32 Å². The quantitative estimate of drug-likeness (QED) is 0.620. The SMILES string of the molecule is CCc1cccc(C)c1NC(=O)CCc1nc(-c2ccc(Br)cc2)no1. The molecule has 1 amide bonds. The Hall–Kier alpha value is -2.47. The zero-order valence-corrected chi connectivity index (χ0v) is 16.3. The molecule has 1 N–H and O–H groups in total. The molecule has 0 radical (unpaired) electrons. The molecule has 0 bridgehead atoms. The number of amides is 1. The lowest BCUT2D eigenvalue weighted by molar-refractivity contribution is -0.116. The number of anilines is 1. The molecule has 0 unspecified atom stereocenters. The standard InChI is InChI=1S/C20H20BrN3O2/c1-3-14-6-4-5-13(2)19(14)22-17(25)11-12-18-23-20(24-26-18)15-7-9-16(21)10-8-15/h4-10H,3,11-12H2,1-2H3,(H,22,25). The van der Waals surface area contributed by atoms with Crippen molar-refractivity contribution in [3.8, 4) is 11.4 Å². The Morgan fingerprint density at radius 2 is 1.96 bits per heavy atom. The summed E-state index contributed by atoms with van der Waals surface area (Å²) >= 11 is 3.40. The van der Waals surface area contributed by atoms with Crippen LogP contribution < -0.4 is 5.32 Å². The smallest absolute Gasteiger partial charge is 0.227 e. The second kappa shape index (κ2) is 8.27. The molecule has 0 aliphatic carbocycles. The van der Waals surface area contributed by atoms with Crippen molar-refractivity contribution in [3.63, 3.8) is 0 Å². The monoisotopic (exact) mass is 413 g/mol. The number of para-hydroxylation sites is 1. The van der Waals surface area contributed by atoms with Crippen molar-refractivity contribution in [2.75, 3.05) is 5.32 Å². The number of benzene rings is 2. The molecule has 0 saturated heterocycles. The van der Waals surface area contributed by atoms with Gasteiger partial charge in [-0.25, -0.2) is 0 Å². The lowest BCUT2D eigenvalue weighted by Crippen LogP contribution is -2.14. The number of carbonyl (C=O) groups excluding carboxylic acids is 1. The van der Waals surface area contributed by atoms with E-state index in [9.17, 15) is 4.79 Å². The van der Waals surface area contributed by atoms with Gasteiger partial charge in [-0.3, -0.25) is 4.79 Å². The third-order valence-corrected chi connectivity index (χ3v) is 4.67. The molecule has 0 spiro atoms. The molecule has 2 aromatic carbocycles. The van der Waals surface area contributed by atoms with Crippen LogP contribution in [0.2, 0.25) is 0 Å². The number of hydrogen-bond acceptors (Lipinski definition) is 4. The third kappa shape index (κ3) is 4.38. The van der Waals surface area contributed by atoms with Crippen molar-refractivity contribution in [3.05, 3.63) is 64.0 Å². The lowest BCUT2D eigenvalue weighted by Gasteiger charge is -2.12. The Bertz CT molecular complexity index is 904. The number of carbonyl (C=O) groups is 1. The van der Waals surface area contributed by atoms with Crippen molar-refractivity contribution in [2.45, 2.75) is 33.1 Å². The van der Waals surface area contributed by atoms with Crippen LogP contribution in [0.15, 0.2) is 51.5 Å². The van der Waals surface area contributed by atoms with E-state index in [4.69, 9.17) is 4.52 Å². The summed E-state index contributed by atoms with van der Waals surface area (Å²) in [5, 5.41) is 7.00. The summed E-state index contributed by atoms with van der Waals surface area (Å²) in [6, 6.07) is 13.7. The molecule has 26 heavy (non-hydrogen) atoms. The van der Waals surface area contributed by atoms with Gasteiger partial charge in [0.25, 0.3) is 0 Å². The van der Waals surface area contributed by atoms with E-state index in [1.807, 2.05) is 49.4 Å². The van der Waals surface area contributed by atoms with E-state index < -0.39 is 0 Å². The van der Waals surface area contributed by atoms with Crippen molar-refractivity contribution >= 4 is 27.5 Å². The van der Waals surface area contributed by atoms with Gasteiger partial charge < -0.3 is 9.84 Å². The van der Waals surface area contributed by atoms with Crippen LogP contribution in [-0.2, 0) is 17.6 Å². The van der Waals surface area contributed by atoms with Crippen LogP contribution in [-0.4, -0.2) is 16.0 Å². The Morgan fingerprint density at radius 1 is 1.19 bits per heavy atom. The van der Waals surface area contributed by atoms with Crippen molar-refractivity contribution in [1.82, 2.24) is 10.1 Å². The summed E-state index contributed by atoms with van der Waals surface area (Å²) in [6.07, 6.45) is 1.57. The van der Waals surface area contributed by atoms with Crippen LogP contribution in [0.5, 0.6) is 0 Å². The maximum Gasteiger partial charge on any atom is 0.227 e. The molecular formula is C20H20BrN3O2. The maximum atomic E-state index is 12.3. The van der Waals surface area contributed by atoms with E-state index in [2.05, 4.69) is 38.3 Å². The summed E-state index contributed by atoms with van der Waals surface area (Å²) in [6.45, 7) is 4.07.